The molecule has 0 bridgehead atoms. The number of rotatable bonds is 3. The van der Waals surface area contributed by atoms with Crippen molar-refractivity contribution >= 4 is 17.4 Å². The summed E-state index contributed by atoms with van der Waals surface area (Å²) in [6, 6.07) is 0.849. The molecule has 1 aromatic heterocycles. The highest BCUT2D eigenvalue weighted by molar-refractivity contribution is 7.09. The lowest BCUT2D eigenvalue weighted by atomic mass is 9.98. The van der Waals surface area contributed by atoms with Crippen molar-refractivity contribution in [3.63, 3.8) is 0 Å². The fraction of sp³-hybridized carbons (Fsp3) is 0.750. The van der Waals surface area contributed by atoms with Gasteiger partial charge < -0.3 is 15.0 Å². The number of nitrogens with zero attached hydrogens (tertiary/aromatic N) is 2. The van der Waals surface area contributed by atoms with Crippen molar-refractivity contribution in [2.24, 2.45) is 0 Å². The van der Waals surface area contributed by atoms with Gasteiger partial charge in [0.05, 0.1) is 6.04 Å². The van der Waals surface area contributed by atoms with Gasteiger partial charge >= 0.3 is 6.09 Å². The molecule has 5 nitrogen and oxygen atoms in total. The lowest BCUT2D eigenvalue weighted by Crippen LogP contribution is -2.51. The van der Waals surface area contributed by atoms with Crippen LogP contribution >= 0.6 is 11.3 Å². The van der Waals surface area contributed by atoms with Crippen molar-refractivity contribution in [3.8, 4) is 0 Å². The normalized spacial score (nSPS) is 24.1. The molecule has 2 rings (SSSR count). The summed E-state index contributed by atoms with van der Waals surface area (Å²) in [5.41, 5.74) is -0.439. The molecule has 1 aliphatic rings. The topological polar surface area (TPSA) is 54.5 Å². The molecule has 1 amide bonds. The van der Waals surface area contributed by atoms with Crippen LogP contribution in [0.25, 0.3) is 0 Å². The Morgan fingerprint density at radius 3 is 2.82 bits per heavy atom. The summed E-state index contributed by atoms with van der Waals surface area (Å²) in [5.74, 6) is 0. The highest BCUT2D eigenvalue weighted by atomic mass is 32.1. The van der Waals surface area contributed by atoms with Crippen LogP contribution < -0.4 is 5.32 Å². The Kier molecular flexibility index (Phi) is 5.45. The van der Waals surface area contributed by atoms with Gasteiger partial charge in [0.1, 0.15) is 10.6 Å². The van der Waals surface area contributed by atoms with E-state index in [1.807, 2.05) is 37.2 Å². The SMILES string of the molecule is CC(NC1CCN(C(=O)OC(C)(C)C)C(C)C1)c1nccs1. The maximum atomic E-state index is 12.2. The highest BCUT2D eigenvalue weighted by Crippen LogP contribution is 2.23. The van der Waals surface area contributed by atoms with Gasteiger partial charge in [-0.05, 0) is 47.5 Å². The Morgan fingerprint density at radius 1 is 1.55 bits per heavy atom. The summed E-state index contributed by atoms with van der Waals surface area (Å²) < 4.78 is 5.48. The molecule has 3 unspecified atom stereocenters. The number of aromatic nitrogens is 1. The summed E-state index contributed by atoms with van der Waals surface area (Å²) in [5, 5.41) is 6.74. The first kappa shape index (κ1) is 17.2. The Hall–Kier alpha value is -1.14. The Labute approximate surface area is 137 Å². The molecule has 22 heavy (non-hydrogen) atoms. The maximum Gasteiger partial charge on any atom is 0.410 e. The number of piperidine rings is 1. The van der Waals surface area contributed by atoms with Crippen LogP contribution in [0.5, 0.6) is 0 Å². The average molecular weight is 325 g/mol. The molecule has 0 radical (unpaired) electrons. The molecule has 124 valence electrons. The minimum atomic E-state index is -0.439. The van der Waals surface area contributed by atoms with E-state index in [0.717, 1.165) is 24.4 Å². The number of carbonyl (C=O) groups excluding carboxylic acids is 1. The minimum absolute atomic E-state index is 0.185. The van der Waals surface area contributed by atoms with Gasteiger partial charge in [-0.1, -0.05) is 0 Å². The zero-order valence-corrected chi connectivity index (χ0v) is 14.9. The van der Waals surface area contributed by atoms with Crippen molar-refractivity contribution in [1.29, 1.82) is 0 Å². The Bertz CT molecular complexity index is 484. The third-order valence-corrected chi connectivity index (χ3v) is 4.77. The second-order valence-corrected chi connectivity index (χ2v) is 7.93. The van der Waals surface area contributed by atoms with Gasteiger partial charge in [0.2, 0.25) is 0 Å². The largest absolute Gasteiger partial charge is 0.444 e. The minimum Gasteiger partial charge on any atom is -0.444 e. The van der Waals surface area contributed by atoms with Gasteiger partial charge in [0.25, 0.3) is 0 Å². The summed E-state index contributed by atoms with van der Waals surface area (Å²) >= 11 is 1.67. The number of carbonyl (C=O) groups is 1. The van der Waals surface area contributed by atoms with E-state index >= 15 is 0 Å². The molecule has 1 saturated heterocycles. The number of thiazole rings is 1. The fourth-order valence-electron chi connectivity index (χ4n) is 2.79. The Balaban J connectivity index is 1.86. The van der Waals surface area contributed by atoms with E-state index in [9.17, 15) is 4.79 Å². The number of likely N-dealkylation sites (tertiary alicyclic amines) is 1. The molecule has 0 aromatic carbocycles. The molecular weight excluding hydrogens is 298 g/mol. The molecule has 1 fully saturated rings. The number of hydrogen-bond acceptors (Lipinski definition) is 5. The van der Waals surface area contributed by atoms with Crippen LogP contribution in [-0.4, -0.2) is 40.2 Å². The number of amides is 1. The van der Waals surface area contributed by atoms with Crippen molar-refractivity contribution in [3.05, 3.63) is 16.6 Å². The summed E-state index contributed by atoms with van der Waals surface area (Å²) in [6.45, 7) is 10.7. The summed E-state index contributed by atoms with van der Waals surface area (Å²) in [4.78, 5) is 18.4. The van der Waals surface area contributed by atoms with Crippen LogP contribution in [-0.2, 0) is 4.74 Å². The molecule has 1 aliphatic heterocycles. The van der Waals surface area contributed by atoms with Crippen molar-refractivity contribution in [2.75, 3.05) is 6.54 Å². The molecule has 2 heterocycles. The first-order valence-electron chi connectivity index (χ1n) is 7.91. The van der Waals surface area contributed by atoms with Crippen molar-refractivity contribution < 1.29 is 9.53 Å². The maximum absolute atomic E-state index is 12.2. The zero-order valence-electron chi connectivity index (χ0n) is 14.1. The third-order valence-electron chi connectivity index (χ3n) is 3.81. The van der Waals surface area contributed by atoms with Gasteiger partial charge in [-0.3, -0.25) is 0 Å². The summed E-state index contributed by atoms with van der Waals surface area (Å²) in [7, 11) is 0. The molecule has 6 heteroatoms. The number of nitrogens with one attached hydrogen (secondary N) is 1. The van der Waals surface area contributed by atoms with Crippen molar-refractivity contribution in [1.82, 2.24) is 15.2 Å². The number of hydrogen-bond donors (Lipinski definition) is 1. The average Bonchev–Trinajstić information content (AvgIpc) is 2.90. The van der Waals surface area contributed by atoms with Crippen LogP contribution in [0.1, 0.15) is 58.5 Å². The first-order valence-corrected chi connectivity index (χ1v) is 8.79. The van der Waals surface area contributed by atoms with Crippen LogP contribution in [0.15, 0.2) is 11.6 Å². The Morgan fingerprint density at radius 2 is 2.27 bits per heavy atom. The van der Waals surface area contributed by atoms with E-state index in [4.69, 9.17) is 4.74 Å². The number of ether oxygens (including phenoxy) is 1. The molecule has 1 aromatic rings. The molecule has 1 N–H and O–H groups in total. The monoisotopic (exact) mass is 325 g/mol. The van der Waals surface area contributed by atoms with Gasteiger partial charge in [0, 0.05) is 30.2 Å². The van der Waals surface area contributed by atoms with Crippen LogP contribution in [0.2, 0.25) is 0 Å². The van der Waals surface area contributed by atoms with Gasteiger partial charge in [0.15, 0.2) is 0 Å². The quantitative estimate of drug-likeness (QED) is 0.923. The third kappa shape index (κ3) is 4.68. The highest BCUT2D eigenvalue weighted by Gasteiger charge is 2.32. The molecule has 0 saturated carbocycles. The van der Waals surface area contributed by atoms with Gasteiger partial charge in [-0.2, -0.15) is 0 Å². The predicted octanol–water partition coefficient (Wildman–Crippen LogP) is 3.58. The van der Waals surface area contributed by atoms with Gasteiger partial charge in [-0.25, -0.2) is 9.78 Å². The predicted molar refractivity (Wildman–Crippen MR) is 89.1 cm³/mol. The first-order chi connectivity index (χ1) is 10.3. The zero-order chi connectivity index (χ0) is 16.3. The summed E-state index contributed by atoms with van der Waals surface area (Å²) in [6.07, 6.45) is 3.52. The van der Waals surface area contributed by atoms with E-state index < -0.39 is 5.60 Å². The van der Waals surface area contributed by atoms with Crippen LogP contribution in [0.3, 0.4) is 0 Å². The standard InChI is InChI=1S/C16H27N3O2S/c1-11-10-13(18-12(2)14-17-7-9-22-14)6-8-19(11)15(20)21-16(3,4)5/h7,9,11-13,18H,6,8,10H2,1-5H3. The lowest BCUT2D eigenvalue weighted by molar-refractivity contribution is 0.00905. The molecule has 3 atom stereocenters. The van der Waals surface area contributed by atoms with E-state index in [1.54, 1.807) is 11.3 Å². The molecular formula is C16H27N3O2S. The van der Waals surface area contributed by atoms with E-state index in [0.29, 0.717) is 6.04 Å². The van der Waals surface area contributed by atoms with E-state index in [-0.39, 0.29) is 18.2 Å². The molecule has 0 aliphatic carbocycles. The molecule has 0 spiro atoms. The van der Waals surface area contributed by atoms with Crippen LogP contribution in [0.4, 0.5) is 4.79 Å². The smallest absolute Gasteiger partial charge is 0.410 e. The van der Waals surface area contributed by atoms with Crippen molar-refractivity contribution in [2.45, 2.75) is 71.2 Å². The fourth-order valence-corrected chi connectivity index (χ4v) is 3.44. The van der Waals surface area contributed by atoms with Crippen LogP contribution in [0, 0.1) is 0 Å². The van der Waals surface area contributed by atoms with Gasteiger partial charge in [-0.15, -0.1) is 11.3 Å². The second kappa shape index (κ2) is 6.96. The second-order valence-electron chi connectivity index (χ2n) is 7.00. The van der Waals surface area contributed by atoms with E-state index in [2.05, 4.69) is 24.1 Å². The van der Waals surface area contributed by atoms with E-state index in [1.165, 1.54) is 0 Å². The lowest BCUT2D eigenvalue weighted by Gasteiger charge is -2.39.